The first kappa shape index (κ1) is 60.3. The van der Waals surface area contributed by atoms with E-state index in [0.717, 1.165) is 24.3 Å². The molecule has 0 spiro atoms. The number of rotatable bonds is 23. The minimum absolute atomic E-state index is 0.00358. The number of carbonyl (C=O) groups is 7. The number of hydrogen-bond donors (Lipinski definition) is 7. The molecule has 0 aliphatic carbocycles. The Kier molecular flexibility index (Phi) is 33.3. The lowest BCUT2D eigenvalue weighted by molar-refractivity contribution is -0.140. The molecule has 0 heterocycles. The van der Waals surface area contributed by atoms with Crippen LogP contribution in [0.2, 0.25) is 0 Å². The Labute approximate surface area is 342 Å². The normalized spacial score (nSPS) is 10.5. The molecule has 25 heteroatoms. The van der Waals surface area contributed by atoms with E-state index in [1.165, 1.54) is 20.8 Å². The molecule has 0 aromatic rings. The Morgan fingerprint density at radius 1 is 0.729 bits per heavy atom. The number of phosphoric ester groups is 1. The van der Waals surface area contributed by atoms with Gasteiger partial charge in [0.2, 0.25) is 5.91 Å². The second-order valence-corrected chi connectivity index (χ2v) is 14.7. The van der Waals surface area contributed by atoms with Crippen LogP contribution < -0.4 is 16.0 Å². The Morgan fingerprint density at radius 3 is 1.46 bits per heavy atom. The molecule has 0 aliphatic heterocycles. The van der Waals surface area contributed by atoms with E-state index in [1.807, 2.05) is 6.92 Å². The van der Waals surface area contributed by atoms with Crippen molar-refractivity contribution in [3.8, 4) is 0 Å². The third-order valence-corrected chi connectivity index (χ3v) is 7.42. The summed E-state index contributed by atoms with van der Waals surface area (Å²) in [5.74, 6) is -3.77. The van der Waals surface area contributed by atoms with Crippen LogP contribution in [0.1, 0.15) is 41.0 Å². The minimum atomic E-state index is -4.46. The summed E-state index contributed by atoms with van der Waals surface area (Å²) >= 11 is 0. The molecule has 0 atom stereocenters. The van der Waals surface area contributed by atoms with E-state index in [9.17, 15) is 46.5 Å². The summed E-state index contributed by atoms with van der Waals surface area (Å²) in [6, 6.07) is 0. The summed E-state index contributed by atoms with van der Waals surface area (Å²) < 4.78 is 67.8. The van der Waals surface area contributed by atoms with Gasteiger partial charge in [0.1, 0.15) is 33.0 Å². The first-order chi connectivity index (χ1) is 27.0. The molecule has 0 saturated heterocycles. The van der Waals surface area contributed by atoms with Gasteiger partial charge in [-0.25, -0.2) is 33.3 Å². The predicted molar refractivity (Wildman–Crippen MR) is 210 cm³/mol. The van der Waals surface area contributed by atoms with E-state index in [1.54, 1.807) is 6.92 Å². The van der Waals surface area contributed by atoms with Gasteiger partial charge in [-0.3, -0.25) is 13.9 Å². The summed E-state index contributed by atoms with van der Waals surface area (Å²) in [6.07, 6.45) is 3.14. The number of esters is 3. The average molecular weight is 890 g/mol. The van der Waals surface area contributed by atoms with Crippen molar-refractivity contribution in [2.45, 2.75) is 46.6 Å². The van der Waals surface area contributed by atoms with Crippen LogP contribution in [0, 0.1) is 5.41 Å². The van der Waals surface area contributed by atoms with Crippen molar-refractivity contribution in [1.82, 2.24) is 16.0 Å². The van der Waals surface area contributed by atoms with E-state index in [0.29, 0.717) is 6.42 Å². The fraction of sp³-hybridized carbons (Fsp3) is 0.500. The number of nitrogens with one attached hydrogen (secondary N) is 3. The van der Waals surface area contributed by atoms with Crippen LogP contribution in [-0.4, -0.2) is 134 Å². The van der Waals surface area contributed by atoms with Crippen LogP contribution in [0.5, 0.6) is 0 Å². The topological polar surface area (TPSA) is 343 Å². The standard InChI is InChI=1S/C18H28N2O8.C7H13NO4S.C6H11O6P.C3H4O2/c1-5-14(21)25-10-8-19-16(23)27-12-18(4,7-3)13-28-17(24)20-9-11-26-15(22)6-2;1-4-6(9)8-7(2,3)5-13(10,11)12;1-5(2)6(7)11-3-4-12-13(8,9)10;1-2-3(4)5/h5-6H,1-2,7-13H2,3-4H3,(H,19,23)(H,20,24);4H,1,5H2,2-3H3,(H,8,9)(H,10,11,12);1,3-4H2,2H3,(H2,8,9,10);2H,1H2,(H,4,5). The number of ether oxygens (including phenoxy) is 5. The molecule has 0 aromatic carbocycles. The predicted octanol–water partition coefficient (Wildman–Crippen LogP) is 1.74. The molecule has 7 N–H and O–H groups in total. The first-order valence-corrected chi connectivity index (χ1v) is 19.8. The largest absolute Gasteiger partial charge is 0.478 e. The fourth-order valence-electron chi connectivity index (χ4n) is 2.85. The molecule has 3 amide bonds. The number of alkyl carbamates (subject to hydrolysis) is 2. The first-order valence-electron chi connectivity index (χ1n) is 16.7. The van der Waals surface area contributed by atoms with E-state index >= 15 is 0 Å². The molecule has 0 unspecified atom stereocenters. The zero-order chi connectivity index (χ0) is 46.9. The van der Waals surface area contributed by atoms with E-state index in [-0.39, 0.29) is 58.3 Å². The van der Waals surface area contributed by atoms with Gasteiger partial charge in [0, 0.05) is 29.2 Å². The SMILES string of the molecule is C=C(C)C(=O)OCCOP(=O)(O)O.C=CC(=O)NC(C)(C)CS(=O)(=O)O.C=CC(=O)O.C=CC(=O)OCCNC(=O)OCC(C)(CC)COC(=O)NCCOC(=O)C=C. The Hall–Kier alpha value is -5.39. The van der Waals surface area contributed by atoms with Crippen molar-refractivity contribution in [2.75, 3.05) is 58.5 Å². The fourth-order valence-corrected chi connectivity index (χ4v) is 4.14. The van der Waals surface area contributed by atoms with Gasteiger partial charge in [-0.15, -0.1) is 0 Å². The van der Waals surface area contributed by atoms with Gasteiger partial charge in [0.05, 0.1) is 31.0 Å². The lowest BCUT2D eigenvalue weighted by atomic mass is 9.90. The summed E-state index contributed by atoms with van der Waals surface area (Å²) in [5, 5.41) is 14.8. The van der Waals surface area contributed by atoms with E-state index in [2.05, 4.69) is 58.1 Å². The van der Waals surface area contributed by atoms with Gasteiger partial charge >= 0.3 is 43.9 Å². The van der Waals surface area contributed by atoms with Gasteiger partial charge < -0.3 is 54.5 Å². The molecule has 0 bridgehead atoms. The summed E-state index contributed by atoms with van der Waals surface area (Å²) in [5.41, 5.74) is -1.37. The smallest absolute Gasteiger partial charge is 0.469 e. The highest BCUT2D eigenvalue weighted by Gasteiger charge is 2.27. The zero-order valence-corrected chi connectivity index (χ0v) is 35.3. The third-order valence-electron chi connectivity index (χ3n) is 5.81. The number of phosphoric acid groups is 1. The van der Waals surface area contributed by atoms with Gasteiger partial charge in [-0.05, 0) is 33.3 Å². The molecule has 0 radical (unpaired) electrons. The highest BCUT2D eigenvalue weighted by Crippen LogP contribution is 2.35. The number of aliphatic carboxylic acids is 1. The molecule has 0 saturated carbocycles. The Morgan fingerprint density at radius 2 is 1.15 bits per heavy atom. The van der Waals surface area contributed by atoms with Crippen LogP contribution in [0.3, 0.4) is 0 Å². The van der Waals surface area contributed by atoms with Crippen molar-refractivity contribution in [3.05, 3.63) is 62.8 Å². The summed E-state index contributed by atoms with van der Waals surface area (Å²) in [7, 11) is -8.55. The van der Waals surface area contributed by atoms with E-state index in [4.69, 9.17) is 38.4 Å². The number of amides is 3. The zero-order valence-electron chi connectivity index (χ0n) is 33.6. The molecule has 338 valence electrons. The van der Waals surface area contributed by atoms with E-state index < -0.39 is 76.6 Å². The van der Waals surface area contributed by atoms with Gasteiger partial charge in [-0.1, -0.05) is 46.7 Å². The monoisotopic (exact) mass is 889 g/mol. The van der Waals surface area contributed by atoms with Crippen molar-refractivity contribution in [3.63, 3.8) is 0 Å². The van der Waals surface area contributed by atoms with Gasteiger partial charge in [0.25, 0.3) is 10.1 Å². The van der Waals surface area contributed by atoms with Crippen LogP contribution in [-0.2, 0) is 66.9 Å². The molecule has 59 heavy (non-hydrogen) atoms. The molecular weight excluding hydrogens is 833 g/mol. The number of hydrogen-bond acceptors (Lipinski definition) is 16. The second-order valence-electron chi connectivity index (χ2n) is 12.0. The number of carbonyl (C=O) groups excluding carboxylic acids is 6. The number of carboxylic acids is 1. The molecule has 23 nitrogen and oxygen atoms in total. The molecule has 0 aliphatic rings. The molecule has 0 fully saturated rings. The van der Waals surface area contributed by atoms with Crippen molar-refractivity contribution < 1.29 is 94.2 Å². The van der Waals surface area contributed by atoms with Gasteiger partial charge in [-0.2, -0.15) is 8.42 Å². The molecule has 0 aromatic heterocycles. The van der Waals surface area contributed by atoms with Crippen molar-refractivity contribution in [1.29, 1.82) is 0 Å². The van der Waals surface area contributed by atoms with Gasteiger partial charge in [0.15, 0.2) is 0 Å². The second kappa shape index (κ2) is 32.6. The minimum Gasteiger partial charge on any atom is -0.478 e. The highest BCUT2D eigenvalue weighted by atomic mass is 32.2. The molecule has 0 rings (SSSR count). The van der Waals surface area contributed by atoms with Crippen LogP contribution in [0.15, 0.2) is 62.8 Å². The Balaban J connectivity index is -0.000000403. The van der Waals surface area contributed by atoms with Crippen LogP contribution in [0.4, 0.5) is 9.59 Å². The summed E-state index contributed by atoms with van der Waals surface area (Å²) in [4.78, 5) is 92.2. The Bertz CT molecular complexity index is 1550. The van der Waals surface area contributed by atoms with Crippen molar-refractivity contribution in [2.24, 2.45) is 5.41 Å². The highest BCUT2D eigenvalue weighted by molar-refractivity contribution is 7.85. The van der Waals surface area contributed by atoms with Crippen LogP contribution in [0.25, 0.3) is 0 Å². The average Bonchev–Trinajstić information content (AvgIpc) is 3.13. The maximum Gasteiger partial charge on any atom is 0.469 e. The maximum atomic E-state index is 11.6. The van der Waals surface area contributed by atoms with Crippen molar-refractivity contribution >= 4 is 59.9 Å². The van der Waals surface area contributed by atoms with Crippen LogP contribution >= 0.6 is 7.82 Å². The lowest BCUT2D eigenvalue weighted by Crippen LogP contribution is -2.47. The number of carboxylic acid groups (broad SMARTS) is 1. The quantitative estimate of drug-likeness (QED) is 0.0192. The third kappa shape index (κ3) is 45.2. The molecular formula is C34H56N3O20PS. The summed E-state index contributed by atoms with van der Waals surface area (Å²) in [6.45, 7) is 23.8. The maximum absolute atomic E-state index is 11.6. The lowest BCUT2D eigenvalue weighted by Gasteiger charge is -2.27.